The lowest BCUT2D eigenvalue weighted by atomic mass is 10.1. The quantitative estimate of drug-likeness (QED) is 0.651. The molecule has 136 valence electrons. The van der Waals surface area contributed by atoms with Gasteiger partial charge < -0.3 is 9.72 Å². The molecule has 3 aromatic rings. The second kappa shape index (κ2) is 7.31. The maximum absolute atomic E-state index is 12.8. The van der Waals surface area contributed by atoms with Crippen molar-refractivity contribution in [3.05, 3.63) is 65.9 Å². The number of carbonyl (C=O) groups excluding carboxylic acids is 1. The SMILES string of the molecule is CCOC(=O)C(NS(=O)(=O)c1ccc(C)cc1)c1c[nH]c2ccccc12. The number of ether oxygens (including phenoxy) is 1. The van der Waals surface area contributed by atoms with Gasteiger partial charge in [-0.1, -0.05) is 35.9 Å². The molecular formula is C19H20N2O4S. The van der Waals surface area contributed by atoms with Crippen LogP contribution in [0, 0.1) is 6.92 Å². The Morgan fingerprint density at radius 3 is 2.54 bits per heavy atom. The summed E-state index contributed by atoms with van der Waals surface area (Å²) in [6.07, 6.45) is 1.63. The largest absolute Gasteiger partial charge is 0.465 e. The number of benzene rings is 2. The molecule has 1 unspecified atom stereocenters. The first-order valence-electron chi connectivity index (χ1n) is 8.24. The van der Waals surface area contributed by atoms with Crippen LogP contribution >= 0.6 is 0 Å². The number of fused-ring (bicyclic) bond motifs is 1. The Bertz CT molecular complexity index is 1020. The average molecular weight is 372 g/mol. The first kappa shape index (κ1) is 18.2. The third kappa shape index (κ3) is 3.63. The molecule has 7 heteroatoms. The van der Waals surface area contributed by atoms with Gasteiger partial charge in [-0.15, -0.1) is 0 Å². The predicted molar refractivity (Wildman–Crippen MR) is 99.2 cm³/mol. The Hall–Kier alpha value is -2.64. The van der Waals surface area contributed by atoms with Crippen LogP contribution in [0.15, 0.2) is 59.6 Å². The molecule has 0 saturated heterocycles. The lowest BCUT2D eigenvalue weighted by Crippen LogP contribution is -2.34. The number of hydrogen-bond acceptors (Lipinski definition) is 4. The summed E-state index contributed by atoms with van der Waals surface area (Å²) in [5.74, 6) is -0.645. The first-order chi connectivity index (χ1) is 12.4. The van der Waals surface area contributed by atoms with Gasteiger partial charge in [-0.25, -0.2) is 13.2 Å². The fourth-order valence-electron chi connectivity index (χ4n) is 2.74. The van der Waals surface area contributed by atoms with E-state index in [1.165, 1.54) is 12.1 Å². The summed E-state index contributed by atoms with van der Waals surface area (Å²) < 4.78 is 33.1. The van der Waals surface area contributed by atoms with Crippen LogP contribution in [0.3, 0.4) is 0 Å². The summed E-state index contributed by atoms with van der Waals surface area (Å²) in [7, 11) is -3.90. The maximum atomic E-state index is 12.8. The van der Waals surface area contributed by atoms with Crippen molar-refractivity contribution in [3.8, 4) is 0 Å². The fourth-order valence-corrected chi connectivity index (χ4v) is 3.90. The molecule has 0 spiro atoms. The van der Waals surface area contributed by atoms with E-state index in [9.17, 15) is 13.2 Å². The number of para-hydroxylation sites is 1. The van der Waals surface area contributed by atoms with Gasteiger partial charge in [0, 0.05) is 22.7 Å². The zero-order valence-corrected chi connectivity index (χ0v) is 15.3. The lowest BCUT2D eigenvalue weighted by molar-refractivity contribution is -0.145. The second-order valence-corrected chi connectivity index (χ2v) is 7.62. The number of sulfonamides is 1. The van der Waals surface area contributed by atoms with Gasteiger partial charge in [-0.2, -0.15) is 4.72 Å². The molecule has 6 nitrogen and oxygen atoms in total. The van der Waals surface area contributed by atoms with Crippen molar-refractivity contribution in [2.24, 2.45) is 0 Å². The number of aromatic amines is 1. The smallest absolute Gasteiger partial charge is 0.328 e. The molecule has 0 aliphatic rings. The fraction of sp³-hybridized carbons (Fsp3) is 0.211. The number of H-pyrrole nitrogens is 1. The first-order valence-corrected chi connectivity index (χ1v) is 9.72. The minimum Gasteiger partial charge on any atom is -0.465 e. The molecule has 0 aliphatic carbocycles. The molecule has 1 atom stereocenters. The highest BCUT2D eigenvalue weighted by atomic mass is 32.2. The number of nitrogens with one attached hydrogen (secondary N) is 2. The van der Waals surface area contributed by atoms with E-state index < -0.39 is 22.0 Å². The normalized spacial score (nSPS) is 12.8. The molecule has 0 fully saturated rings. The summed E-state index contributed by atoms with van der Waals surface area (Å²) in [4.78, 5) is 15.6. The van der Waals surface area contributed by atoms with E-state index in [-0.39, 0.29) is 11.5 Å². The highest BCUT2D eigenvalue weighted by molar-refractivity contribution is 7.89. The zero-order valence-electron chi connectivity index (χ0n) is 14.5. The summed E-state index contributed by atoms with van der Waals surface area (Å²) in [5, 5.41) is 0.761. The number of esters is 1. The van der Waals surface area contributed by atoms with Crippen LogP contribution in [0.25, 0.3) is 10.9 Å². The highest BCUT2D eigenvalue weighted by Crippen LogP contribution is 2.26. The predicted octanol–water partition coefficient (Wildman–Crippen LogP) is 3.06. The van der Waals surface area contributed by atoms with Crippen LogP contribution in [0.4, 0.5) is 0 Å². The second-order valence-electron chi connectivity index (χ2n) is 5.91. The van der Waals surface area contributed by atoms with Crippen molar-refractivity contribution in [2.75, 3.05) is 6.61 Å². The van der Waals surface area contributed by atoms with Crippen molar-refractivity contribution in [2.45, 2.75) is 24.8 Å². The van der Waals surface area contributed by atoms with Gasteiger partial charge in [0.25, 0.3) is 0 Å². The average Bonchev–Trinajstić information content (AvgIpc) is 3.04. The van der Waals surface area contributed by atoms with Crippen LogP contribution in [0.2, 0.25) is 0 Å². The Morgan fingerprint density at radius 2 is 1.85 bits per heavy atom. The van der Waals surface area contributed by atoms with E-state index in [0.29, 0.717) is 5.56 Å². The van der Waals surface area contributed by atoms with Crippen LogP contribution < -0.4 is 4.72 Å². The van der Waals surface area contributed by atoms with Gasteiger partial charge in [0.15, 0.2) is 0 Å². The third-order valence-electron chi connectivity index (χ3n) is 4.06. The Labute approximate surface area is 152 Å². The van der Waals surface area contributed by atoms with Gasteiger partial charge in [-0.05, 0) is 32.0 Å². The Balaban J connectivity index is 2.02. The van der Waals surface area contributed by atoms with Gasteiger partial charge in [0.1, 0.15) is 6.04 Å². The van der Waals surface area contributed by atoms with Crippen molar-refractivity contribution in [1.29, 1.82) is 0 Å². The third-order valence-corrected chi connectivity index (χ3v) is 5.50. The van der Waals surface area contributed by atoms with Crippen LogP contribution in [-0.2, 0) is 19.6 Å². The standard InChI is InChI=1S/C19H20N2O4S/c1-3-25-19(22)18(16-12-20-17-7-5-4-6-15(16)17)21-26(23,24)14-10-8-13(2)9-11-14/h4-12,18,20-21H,3H2,1-2H3. The number of carbonyl (C=O) groups is 1. The van der Waals surface area contributed by atoms with Crippen LogP contribution in [0.1, 0.15) is 24.1 Å². The molecule has 2 aromatic carbocycles. The minimum absolute atomic E-state index is 0.0947. The number of aromatic nitrogens is 1. The molecule has 0 aliphatic heterocycles. The van der Waals surface area contributed by atoms with E-state index in [2.05, 4.69) is 9.71 Å². The van der Waals surface area contributed by atoms with Crippen molar-refractivity contribution in [1.82, 2.24) is 9.71 Å². The minimum atomic E-state index is -3.90. The molecule has 0 amide bonds. The number of aryl methyl sites for hydroxylation is 1. The molecule has 2 N–H and O–H groups in total. The molecule has 0 bridgehead atoms. The molecule has 0 radical (unpaired) electrons. The molecular weight excluding hydrogens is 352 g/mol. The summed E-state index contributed by atoms with van der Waals surface area (Å²) in [5.41, 5.74) is 2.28. The molecule has 1 heterocycles. The van der Waals surface area contributed by atoms with Crippen molar-refractivity contribution < 1.29 is 17.9 Å². The zero-order chi connectivity index (χ0) is 18.7. The van der Waals surface area contributed by atoms with Crippen molar-refractivity contribution >= 4 is 26.9 Å². The number of hydrogen-bond donors (Lipinski definition) is 2. The summed E-state index contributed by atoms with van der Waals surface area (Å²) in [6, 6.07) is 12.7. The molecule has 1 aromatic heterocycles. The topological polar surface area (TPSA) is 88.3 Å². The summed E-state index contributed by atoms with van der Waals surface area (Å²) >= 11 is 0. The van der Waals surface area contributed by atoms with Gasteiger partial charge in [0.2, 0.25) is 10.0 Å². The van der Waals surface area contributed by atoms with Gasteiger partial charge in [-0.3, -0.25) is 0 Å². The van der Waals surface area contributed by atoms with E-state index >= 15 is 0 Å². The monoisotopic (exact) mass is 372 g/mol. The molecule has 26 heavy (non-hydrogen) atoms. The number of rotatable bonds is 6. The van der Waals surface area contributed by atoms with E-state index in [4.69, 9.17) is 4.74 Å². The highest BCUT2D eigenvalue weighted by Gasteiger charge is 2.30. The Morgan fingerprint density at radius 1 is 1.15 bits per heavy atom. The van der Waals surface area contributed by atoms with Gasteiger partial charge >= 0.3 is 5.97 Å². The van der Waals surface area contributed by atoms with Crippen LogP contribution in [-0.4, -0.2) is 26.0 Å². The van der Waals surface area contributed by atoms with Crippen molar-refractivity contribution in [3.63, 3.8) is 0 Å². The maximum Gasteiger partial charge on any atom is 0.328 e. The molecule has 0 saturated carbocycles. The van der Waals surface area contributed by atoms with Crippen LogP contribution in [0.5, 0.6) is 0 Å². The molecule has 3 rings (SSSR count). The Kier molecular flexibility index (Phi) is 5.11. The van der Waals surface area contributed by atoms with E-state index in [1.54, 1.807) is 25.3 Å². The van der Waals surface area contributed by atoms with E-state index in [0.717, 1.165) is 16.5 Å². The van der Waals surface area contributed by atoms with Gasteiger partial charge in [0.05, 0.1) is 11.5 Å². The van der Waals surface area contributed by atoms with E-state index in [1.807, 2.05) is 31.2 Å². The lowest BCUT2D eigenvalue weighted by Gasteiger charge is -2.17. The summed E-state index contributed by atoms with van der Waals surface area (Å²) in [6.45, 7) is 3.71.